The molecule has 0 fully saturated rings. The smallest absolute Gasteiger partial charge is 0.125 e. The first-order valence-corrected chi connectivity index (χ1v) is 8.91. The van der Waals surface area contributed by atoms with Gasteiger partial charge in [-0.05, 0) is 32.1 Å². The lowest BCUT2D eigenvalue weighted by Gasteiger charge is -2.16. The van der Waals surface area contributed by atoms with Crippen LogP contribution in [0.15, 0.2) is 0 Å². The zero-order chi connectivity index (χ0) is 17.6. The van der Waals surface area contributed by atoms with Gasteiger partial charge in [-0.2, -0.15) is 0 Å². The molecule has 4 nitrogen and oxygen atoms in total. The summed E-state index contributed by atoms with van der Waals surface area (Å²) in [5, 5.41) is 0. The predicted octanol–water partition coefficient (Wildman–Crippen LogP) is 4.20. The highest BCUT2D eigenvalue weighted by Crippen LogP contribution is 2.20. The largest absolute Gasteiger partial charge is 0.381 e. The lowest BCUT2D eigenvalue weighted by atomic mass is 9.89. The molecule has 4 heteroatoms. The molecule has 0 N–H and O–H groups in total. The Hall–Kier alpha value is -0.740. The second kappa shape index (κ2) is 12.7. The van der Waals surface area contributed by atoms with Gasteiger partial charge in [-0.3, -0.25) is 0 Å². The van der Waals surface area contributed by atoms with Gasteiger partial charge in [0.1, 0.15) is 12.6 Å². The van der Waals surface area contributed by atoms with Gasteiger partial charge in [-0.15, -0.1) is 0 Å². The van der Waals surface area contributed by atoms with E-state index in [2.05, 4.69) is 0 Å². The first-order chi connectivity index (χ1) is 10.8. The quantitative estimate of drug-likeness (QED) is 0.315. The maximum absolute atomic E-state index is 10.8. The Kier molecular flexibility index (Phi) is 12.2. The van der Waals surface area contributed by atoms with Crippen LogP contribution in [0.25, 0.3) is 0 Å². The van der Waals surface area contributed by atoms with Crippen molar-refractivity contribution in [3.8, 4) is 0 Å². The Morgan fingerprint density at radius 2 is 0.957 bits per heavy atom. The monoisotopic (exact) mass is 328 g/mol. The Labute approximate surface area is 142 Å². The Bertz CT molecular complexity index is 280. The molecular weight excluding hydrogens is 292 g/mol. The molecule has 0 aromatic heterocycles. The molecule has 0 saturated heterocycles. The lowest BCUT2D eigenvalue weighted by Crippen LogP contribution is -2.13. The molecule has 0 unspecified atom stereocenters. The molecule has 0 spiro atoms. The molecule has 0 amide bonds. The van der Waals surface area contributed by atoms with Crippen LogP contribution in [-0.2, 0) is 19.1 Å². The third-order valence-electron chi connectivity index (χ3n) is 3.94. The molecule has 0 atom stereocenters. The van der Waals surface area contributed by atoms with Gasteiger partial charge in [0.25, 0.3) is 0 Å². The molecule has 0 aromatic rings. The highest BCUT2D eigenvalue weighted by atomic mass is 16.5. The van der Waals surface area contributed by atoms with Crippen LogP contribution in [0.1, 0.15) is 72.6 Å². The number of hydrogen-bond donors (Lipinski definition) is 0. The molecule has 0 radical (unpaired) electrons. The van der Waals surface area contributed by atoms with E-state index in [-0.39, 0.29) is 10.8 Å². The summed E-state index contributed by atoms with van der Waals surface area (Å²) in [6.45, 7) is 10.9. The molecule has 0 rings (SSSR count). The molecule has 0 heterocycles. The van der Waals surface area contributed by atoms with Crippen molar-refractivity contribution in [3.05, 3.63) is 0 Å². The van der Waals surface area contributed by atoms with E-state index in [1.807, 2.05) is 27.7 Å². The average Bonchev–Trinajstić information content (AvgIpc) is 2.51. The number of rotatable bonds is 16. The van der Waals surface area contributed by atoms with Crippen LogP contribution in [0.2, 0.25) is 0 Å². The molecular formula is C19H36O4. The van der Waals surface area contributed by atoms with E-state index in [1.165, 1.54) is 0 Å². The van der Waals surface area contributed by atoms with Gasteiger partial charge < -0.3 is 19.1 Å². The van der Waals surface area contributed by atoms with Gasteiger partial charge in [-0.25, -0.2) is 0 Å². The average molecular weight is 328 g/mol. The molecule has 0 saturated carbocycles. The Morgan fingerprint density at radius 3 is 1.30 bits per heavy atom. The van der Waals surface area contributed by atoms with Gasteiger partial charge in [0.05, 0.1) is 0 Å². The molecule has 0 aromatic carbocycles. The van der Waals surface area contributed by atoms with Crippen molar-refractivity contribution in [1.29, 1.82) is 0 Å². The van der Waals surface area contributed by atoms with Gasteiger partial charge in [0.15, 0.2) is 0 Å². The summed E-state index contributed by atoms with van der Waals surface area (Å²) in [7, 11) is 0. The van der Waals surface area contributed by atoms with E-state index < -0.39 is 0 Å². The van der Waals surface area contributed by atoms with E-state index in [0.29, 0.717) is 0 Å². The zero-order valence-electron chi connectivity index (χ0n) is 15.6. The van der Waals surface area contributed by atoms with Crippen molar-refractivity contribution in [3.63, 3.8) is 0 Å². The summed E-state index contributed by atoms with van der Waals surface area (Å²) < 4.78 is 11.1. The second-order valence-corrected chi connectivity index (χ2v) is 7.71. The van der Waals surface area contributed by atoms with E-state index in [9.17, 15) is 9.59 Å². The SMILES string of the molecule is CC(C)(C=O)CCCCOCCCOCCCCC(C)(C)C=O. The summed E-state index contributed by atoms with van der Waals surface area (Å²) in [6.07, 6.45) is 8.89. The van der Waals surface area contributed by atoms with Crippen LogP contribution in [0.5, 0.6) is 0 Å². The van der Waals surface area contributed by atoms with E-state index in [1.54, 1.807) is 0 Å². The van der Waals surface area contributed by atoms with Gasteiger partial charge >= 0.3 is 0 Å². The lowest BCUT2D eigenvalue weighted by molar-refractivity contribution is -0.115. The minimum absolute atomic E-state index is 0.200. The van der Waals surface area contributed by atoms with Gasteiger partial charge in [0, 0.05) is 37.3 Å². The molecule has 0 aliphatic carbocycles. The fourth-order valence-electron chi connectivity index (χ4n) is 2.15. The highest BCUT2D eigenvalue weighted by Gasteiger charge is 2.15. The number of carbonyl (C=O) groups is 2. The molecule has 0 aliphatic heterocycles. The maximum atomic E-state index is 10.8. The van der Waals surface area contributed by atoms with Crippen molar-refractivity contribution in [2.45, 2.75) is 72.6 Å². The van der Waals surface area contributed by atoms with Crippen molar-refractivity contribution in [1.82, 2.24) is 0 Å². The zero-order valence-corrected chi connectivity index (χ0v) is 15.6. The van der Waals surface area contributed by atoms with Crippen LogP contribution in [0.4, 0.5) is 0 Å². The van der Waals surface area contributed by atoms with Crippen LogP contribution in [-0.4, -0.2) is 39.0 Å². The topological polar surface area (TPSA) is 52.6 Å². The number of hydrogen-bond acceptors (Lipinski definition) is 4. The first kappa shape index (κ1) is 22.3. The second-order valence-electron chi connectivity index (χ2n) is 7.71. The standard InChI is InChI=1S/C19H36O4/c1-18(2,16-20)10-5-7-12-22-14-9-15-23-13-8-6-11-19(3,4)17-21/h16-17H,5-15H2,1-4H3. The number of carbonyl (C=O) groups excluding carboxylic acids is 2. The van der Waals surface area contributed by atoms with Crippen molar-refractivity contribution < 1.29 is 19.1 Å². The third-order valence-corrected chi connectivity index (χ3v) is 3.94. The third kappa shape index (κ3) is 14.6. The first-order valence-electron chi connectivity index (χ1n) is 8.91. The minimum Gasteiger partial charge on any atom is -0.381 e. The Balaban J connectivity index is 3.22. The van der Waals surface area contributed by atoms with Gasteiger partial charge in [-0.1, -0.05) is 40.5 Å². The van der Waals surface area contributed by atoms with Crippen molar-refractivity contribution in [2.75, 3.05) is 26.4 Å². The summed E-state index contributed by atoms with van der Waals surface area (Å²) in [4.78, 5) is 21.5. The molecule has 0 aliphatic rings. The summed E-state index contributed by atoms with van der Waals surface area (Å²) in [5.41, 5.74) is -0.399. The minimum atomic E-state index is -0.200. The van der Waals surface area contributed by atoms with Crippen LogP contribution in [0.3, 0.4) is 0 Å². The van der Waals surface area contributed by atoms with E-state index in [0.717, 1.165) is 83.9 Å². The van der Waals surface area contributed by atoms with Crippen LogP contribution >= 0.6 is 0 Å². The van der Waals surface area contributed by atoms with Crippen LogP contribution in [0, 0.1) is 10.8 Å². The summed E-state index contributed by atoms with van der Waals surface area (Å²) in [6, 6.07) is 0. The predicted molar refractivity (Wildman–Crippen MR) is 93.6 cm³/mol. The Morgan fingerprint density at radius 1 is 0.609 bits per heavy atom. The maximum Gasteiger partial charge on any atom is 0.125 e. The fourth-order valence-corrected chi connectivity index (χ4v) is 2.15. The van der Waals surface area contributed by atoms with E-state index in [4.69, 9.17) is 9.47 Å². The van der Waals surface area contributed by atoms with Crippen molar-refractivity contribution in [2.24, 2.45) is 10.8 Å². The van der Waals surface area contributed by atoms with E-state index >= 15 is 0 Å². The van der Waals surface area contributed by atoms with Crippen molar-refractivity contribution >= 4 is 12.6 Å². The molecule has 0 bridgehead atoms. The van der Waals surface area contributed by atoms with Gasteiger partial charge in [0.2, 0.25) is 0 Å². The fraction of sp³-hybridized carbons (Fsp3) is 0.895. The number of ether oxygens (including phenoxy) is 2. The number of aldehydes is 2. The molecule has 136 valence electrons. The summed E-state index contributed by atoms with van der Waals surface area (Å²) in [5.74, 6) is 0. The number of unbranched alkanes of at least 4 members (excludes halogenated alkanes) is 2. The summed E-state index contributed by atoms with van der Waals surface area (Å²) >= 11 is 0. The normalized spacial score (nSPS) is 12.3. The molecule has 23 heavy (non-hydrogen) atoms. The highest BCUT2D eigenvalue weighted by molar-refractivity contribution is 5.57. The van der Waals surface area contributed by atoms with Crippen LogP contribution < -0.4 is 0 Å².